The standard InChI is InChI=1S/C4H9NO2S.C4H9NO2/c1-4(5,2-8)3(6)7;1-3(5-2)4(6)7/h8H,2,5H2,1H3,(H,6,7);3,5H,1-2H3,(H,6,7)/t4-;3-/m00/s1. The van der Waals surface area contributed by atoms with Crippen LogP contribution < -0.4 is 11.1 Å². The van der Waals surface area contributed by atoms with Gasteiger partial charge in [-0.15, -0.1) is 0 Å². The highest BCUT2D eigenvalue weighted by Gasteiger charge is 2.25. The number of nitrogens with two attached hydrogens (primary N) is 1. The molecule has 0 aromatic rings. The van der Waals surface area contributed by atoms with Gasteiger partial charge in [-0.2, -0.15) is 12.6 Å². The van der Waals surface area contributed by atoms with Crippen LogP contribution in [0.4, 0.5) is 0 Å². The summed E-state index contributed by atoms with van der Waals surface area (Å²) in [6.07, 6.45) is 0. The normalized spacial score (nSPS) is 15.5. The number of carbonyl (C=O) groups is 2. The Labute approximate surface area is 94.3 Å². The van der Waals surface area contributed by atoms with Gasteiger partial charge in [-0.1, -0.05) is 0 Å². The number of nitrogens with one attached hydrogen (secondary N) is 1. The SMILES string of the molecule is CN[C@@H](C)C(=O)O.C[C@](N)(CS)C(=O)O. The molecule has 7 heteroatoms. The van der Waals surface area contributed by atoms with Crippen molar-refractivity contribution in [3.63, 3.8) is 0 Å². The van der Waals surface area contributed by atoms with Gasteiger partial charge in [0.05, 0.1) is 0 Å². The number of hydrogen-bond donors (Lipinski definition) is 5. The highest BCUT2D eigenvalue weighted by Crippen LogP contribution is 1.99. The topological polar surface area (TPSA) is 113 Å². The Morgan fingerprint density at radius 2 is 1.93 bits per heavy atom. The number of thiol groups is 1. The molecule has 5 N–H and O–H groups in total. The molecular formula is C8H18N2O4S. The van der Waals surface area contributed by atoms with Gasteiger partial charge in [0.1, 0.15) is 11.6 Å². The molecule has 0 unspecified atom stereocenters. The zero-order valence-corrected chi connectivity index (χ0v) is 9.91. The van der Waals surface area contributed by atoms with Crippen molar-refractivity contribution in [2.75, 3.05) is 12.8 Å². The molecule has 6 nitrogen and oxygen atoms in total. The van der Waals surface area contributed by atoms with E-state index in [4.69, 9.17) is 15.9 Å². The highest BCUT2D eigenvalue weighted by atomic mass is 32.1. The van der Waals surface area contributed by atoms with Crippen molar-refractivity contribution in [3.8, 4) is 0 Å². The van der Waals surface area contributed by atoms with Crippen LogP contribution >= 0.6 is 12.6 Å². The number of likely N-dealkylation sites (N-methyl/N-ethyl adjacent to an activating group) is 1. The van der Waals surface area contributed by atoms with Gasteiger partial charge in [-0.3, -0.25) is 9.59 Å². The van der Waals surface area contributed by atoms with Crippen LogP contribution in [-0.4, -0.2) is 46.5 Å². The fraction of sp³-hybridized carbons (Fsp3) is 0.750. The van der Waals surface area contributed by atoms with Crippen LogP contribution in [0.3, 0.4) is 0 Å². The highest BCUT2D eigenvalue weighted by molar-refractivity contribution is 7.80. The van der Waals surface area contributed by atoms with Crippen molar-refractivity contribution in [1.82, 2.24) is 5.32 Å². The van der Waals surface area contributed by atoms with Crippen LogP contribution in [0, 0.1) is 0 Å². The van der Waals surface area contributed by atoms with E-state index < -0.39 is 23.5 Å². The molecule has 0 amide bonds. The van der Waals surface area contributed by atoms with Crippen molar-refractivity contribution in [2.24, 2.45) is 5.73 Å². The molecule has 2 atom stereocenters. The largest absolute Gasteiger partial charge is 0.480 e. The zero-order chi connectivity index (χ0) is 12.6. The first-order valence-electron chi connectivity index (χ1n) is 4.22. The Morgan fingerprint density at radius 1 is 1.53 bits per heavy atom. The second kappa shape index (κ2) is 7.49. The van der Waals surface area contributed by atoms with Gasteiger partial charge in [0.15, 0.2) is 0 Å². The van der Waals surface area contributed by atoms with Gasteiger partial charge in [0, 0.05) is 5.75 Å². The molecular weight excluding hydrogens is 220 g/mol. The van der Waals surface area contributed by atoms with Gasteiger partial charge >= 0.3 is 11.9 Å². The maximum Gasteiger partial charge on any atom is 0.324 e. The van der Waals surface area contributed by atoms with Crippen LogP contribution in [0.25, 0.3) is 0 Å². The van der Waals surface area contributed by atoms with Gasteiger partial charge in [0.25, 0.3) is 0 Å². The summed E-state index contributed by atoms with van der Waals surface area (Å²) in [6, 6.07) is -0.431. The van der Waals surface area contributed by atoms with E-state index in [1.54, 1.807) is 14.0 Å². The average molecular weight is 238 g/mol. The zero-order valence-electron chi connectivity index (χ0n) is 9.02. The van der Waals surface area contributed by atoms with Crippen molar-refractivity contribution >= 4 is 24.6 Å². The molecule has 0 aromatic heterocycles. The van der Waals surface area contributed by atoms with E-state index in [-0.39, 0.29) is 5.75 Å². The third-order valence-electron chi connectivity index (χ3n) is 1.62. The molecule has 0 aromatic carbocycles. The lowest BCUT2D eigenvalue weighted by Gasteiger charge is -2.14. The number of rotatable bonds is 4. The Morgan fingerprint density at radius 3 is 1.93 bits per heavy atom. The number of hydrogen-bond acceptors (Lipinski definition) is 5. The molecule has 15 heavy (non-hydrogen) atoms. The summed E-state index contributed by atoms with van der Waals surface area (Å²) in [4.78, 5) is 19.9. The monoisotopic (exact) mass is 238 g/mol. The molecule has 0 radical (unpaired) electrons. The first kappa shape index (κ1) is 16.6. The first-order chi connectivity index (χ1) is 6.68. The average Bonchev–Trinajstić information content (AvgIpc) is 2.17. The van der Waals surface area contributed by atoms with E-state index in [0.29, 0.717) is 0 Å². The predicted octanol–water partition coefficient (Wildman–Crippen LogP) is -0.603. The van der Waals surface area contributed by atoms with Crippen LogP contribution in [0.2, 0.25) is 0 Å². The molecule has 0 aliphatic heterocycles. The molecule has 0 saturated carbocycles. The molecule has 0 aliphatic rings. The Bertz CT molecular complexity index is 221. The summed E-state index contributed by atoms with van der Waals surface area (Å²) < 4.78 is 0. The predicted molar refractivity (Wildman–Crippen MR) is 60.2 cm³/mol. The van der Waals surface area contributed by atoms with E-state index >= 15 is 0 Å². The maximum absolute atomic E-state index is 10.1. The minimum Gasteiger partial charge on any atom is -0.480 e. The number of aliphatic carboxylic acids is 2. The van der Waals surface area contributed by atoms with E-state index in [1.165, 1.54) is 6.92 Å². The molecule has 0 spiro atoms. The van der Waals surface area contributed by atoms with Gasteiger partial charge in [-0.25, -0.2) is 0 Å². The third kappa shape index (κ3) is 8.22. The van der Waals surface area contributed by atoms with Crippen LogP contribution in [0.1, 0.15) is 13.8 Å². The summed E-state index contributed by atoms with van der Waals surface area (Å²) in [7, 11) is 1.61. The van der Waals surface area contributed by atoms with Gasteiger partial charge in [-0.05, 0) is 20.9 Å². The van der Waals surface area contributed by atoms with Crippen molar-refractivity contribution in [2.45, 2.75) is 25.4 Å². The van der Waals surface area contributed by atoms with E-state index in [0.717, 1.165) is 0 Å². The fourth-order valence-electron chi connectivity index (χ4n) is 0.191. The van der Waals surface area contributed by atoms with E-state index in [2.05, 4.69) is 17.9 Å². The van der Waals surface area contributed by atoms with Gasteiger partial charge < -0.3 is 21.3 Å². The number of carboxylic acids is 2. The smallest absolute Gasteiger partial charge is 0.324 e. The summed E-state index contributed by atoms with van der Waals surface area (Å²) in [5, 5.41) is 19.0. The summed E-state index contributed by atoms with van der Waals surface area (Å²) in [6.45, 7) is 3.00. The maximum atomic E-state index is 10.1. The second-order valence-electron chi connectivity index (χ2n) is 3.23. The van der Waals surface area contributed by atoms with Crippen LogP contribution in [-0.2, 0) is 9.59 Å². The summed E-state index contributed by atoms with van der Waals surface area (Å²) >= 11 is 3.73. The summed E-state index contributed by atoms with van der Waals surface area (Å²) in [5.74, 6) is -1.68. The van der Waals surface area contributed by atoms with Crippen LogP contribution in [0.5, 0.6) is 0 Å². The van der Waals surface area contributed by atoms with Crippen molar-refractivity contribution in [1.29, 1.82) is 0 Å². The lowest BCUT2D eigenvalue weighted by Crippen LogP contribution is -2.46. The molecule has 90 valence electrons. The first-order valence-corrected chi connectivity index (χ1v) is 4.85. The van der Waals surface area contributed by atoms with E-state index in [1.807, 2.05) is 0 Å². The van der Waals surface area contributed by atoms with Crippen molar-refractivity contribution < 1.29 is 19.8 Å². The minimum atomic E-state index is -1.18. The minimum absolute atomic E-state index is 0.155. The van der Waals surface area contributed by atoms with Gasteiger partial charge in [0.2, 0.25) is 0 Å². The summed E-state index contributed by atoms with van der Waals surface area (Å²) in [5.41, 5.74) is 4.01. The molecule has 0 aliphatic carbocycles. The third-order valence-corrected chi connectivity index (χ3v) is 2.28. The molecule has 0 rings (SSSR count). The molecule has 0 bridgehead atoms. The lowest BCUT2D eigenvalue weighted by molar-refractivity contribution is -0.142. The quantitative estimate of drug-likeness (QED) is 0.418. The molecule has 0 fully saturated rings. The van der Waals surface area contributed by atoms with E-state index in [9.17, 15) is 9.59 Å². The molecule has 0 heterocycles. The molecule has 0 saturated heterocycles. The fourth-order valence-corrected chi connectivity index (χ4v) is 0.326. The van der Waals surface area contributed by atoms with Crippen molar-refractivity contribution in [3.05, 3.63) is 0 Å². The Hall–Kier alpha value is -0.790. The number of carboxylic acid groups (broad SMARTS) is 2. The Kier molecular flexibility index (Phi) is 8.31. The lowest BCUT2D eigenvalue weighted by atomic mass is 10.1. The Balaban J connectivity index is 0. The second-order valence-corrected chi connectivity index (χ2v) is 3.55. The van der Waals surface area contributed by atoms with Crippen LogP contribution in [0.15, 0.2) is 0 Å².